The smallest absolute Gasteiger partial charge is 0.236 e. The Kier molecular flexibility index (Phi) is 6.45. The highest BCUT2D eigenvalue weighted by atomic mass is 16.5. The van der Waals surface area contributed by atoms with Gasteiger partial charge in [-0.3, -0.25) is 9.78 Å². The summed E-state index contributed by atoms with van der Waals surface area (Å²) < 4.78 is 5.22. The average molecular weight is 367 g/mol. The number of hydrogen-bond acceptors (Lipinski definition) is 4. The average Bonchev–Trinajstić information content (AvgIpc) is 2.68. The van der Waals surface area contributed by atoms with E-state index in [1.165, 1.54) is 5.56 Å². The van der Waals surface area contributed by atoms with Gasteiger partial charge in [0.2, 0.25) is 5.91 Å². The summed E-state index contributed by atoms with van der Waals surface area (Å²) in [6, 6.07) is 14.5. The molecule has 5 heteroatoms. The van der Waals surface area contributed by atoms with Gasteiger partial charge >= 0.3 is 0 Å². The molecule has 3 rings (SSSR count). The zero-order valence-electron chi connectivity index (χ0n) is 16.5. The van der Waals surface area contributed by atoms with Gasteiger partial charge in [0.25, 0.3) is 0 Å². The van der Waals surface area contributed by atoms with Crippen LogP contribution in [0, 0.1) is 0 Å². The molecule has 1 amide bonds. The Labute approximate surface area is 162 Å². The summed E-state index contributed by atoms with van der Waals surface area (Å²) in [4.78, 5) is 21.0. The summed E-state index contributed by atoms with van der Waals surface area (Å²) in [7, 11) is 5.55. The highest BCUT2D eigenvalue weighted by Gasteiger charge is 2.24. The Bertz CT molecular complexity index is 750. The number of pyridine rings is 1. The fourth-order valence-corrected chi connectivity index (χ4v) is 3.57. The Hall–Kier alpha value is -2.40. The van der Waals surface area contributed by atoms with Crippen LogP contribution in [0.5, 0.6) is 5.75 Å². The molecule has 0 N–H and O–H groups in total. The highest BCUT2D eigenvalue weighted by molar-refractivity contribution is 5.78. The molecule has 0 aliphatic carbocycles. The van der Waals surface area contributed by atoms with Gasteiger partial charge in [0.15, 0.2) is 0 Å². The van der Waals surface area contributed by atoms with Crippen molar-refractivity contribution in [2.24, 2.45) is 0 Å². The third kappa shape index (κ3) is 5.30. The van der Waals surface area contributed by atoms with E-state index in [4.69, 9.17) is 9.72 Å². The number of likely N-dealkylation sites (tertiary alicyclic amines) is 1. The molecule has 1 aliphatic heterocycles. The zero-order chi connectivity index (χ0) is 19.2. The Balaban J connectivity index is 1.60. The fraction of sp³-hybridized carbons (Fsp3) is 0.455. The second-order valence-corrected chi connectivity index (χ2v) is 7.47. The largest absolute Gasteiger partial charge is 0.497 e. The van der Waals surface area contributed by atoms with Gasteiger partial charge < -0.3 is 14.5 Å². The van der Waals surface area contributed by atoms with Gasteiger partial charge in [0.05, 0.1) is 13.7 Å². The third-order valence-electron chi connectivity index (χ3n) is 5.09. The summed E-state index contributed by atoms with van der Waals surface area (Å²) in [5, 5.41) is 0. The van der Waals surface area contributed by atoms with Crippen molar-refractivity contribution in [3.8, 4) is 5.75 Å². The number of rotatable bonds is 6. The normalized spacial score (nSPS) is 15.2. The van der Waals surface area contributed by atoms with Gasteiger partial charge in [0, 0.05) is 36.8 Å². The predicted octanol–water partition coefficient (Wildman–Crippen LogP) is 2.95. The number of hydrogen-bond donors (Lipinski definition) is 0. The van der Waals surface area contributed by atoms with E-state index in [1.807, 2.05) is 36.0 Å². The molecule has 5 nitrogen and oxygen atoms in total. The highest BCUT2D eigenvalue weighted by Crippen LogP contribution is 2.27. The predicted molar refractivity (Wildman–Crippen MR) is 107 cm³/mol. The molecule has 1 aliphatic rings. The number of amides is 1. The number of piperidine rings is 1. The van der Waals surface area contributed by atoms with Gasteiger partial charge in [-0.25, -0.2) is 0 Å². The molecule has 0 bridgehead atoms. The van der Waals surface area contributed by atoms with Crippen molar-refractivity contribution < 1.29 is 9.53 Å². The van der Waals surface area contributed by atoms with Crippen molar-refractivity contribution in [3.05, 3.63) is 59.4 Å². The maximum absolute atomic E-state index is 12.2. The van der Waals surface area contributed by atoms with Crippen LogP contribution in [0.15, 0.2) is 42.5 Å². The molecule has 0 radical (unpaired) electrons. The molecule has 27 heavy (non-hydrogen) atoms. The van der Waals surface area contributed by atoms with Crippen molar-refractivity contribution in [3.63, 3.8) is 0 Å². The van der Waals surface area contributed by atoms with Crippen molar-refractivity contribution in [2.75, 3.05) is 40.8 Å². The maximum Gasteiger partial charge on any atom is 0.236 e. The van der Waals surface area contributed by atoms with Crippen LogP contribution < -0.4 is 4.74 Å². The summed E-state index contributed by atoms with van der Waals surface area (Å²) in [5.74, 6) is 1.53. The van der Waals surface area contributed by atoms with E-state index >= 15 is 0 Å². The number of carbonyl (C=O) groups is 1. The van der Waals surface area contributed by atoms with Gasteiger partial charge in [-0.1, -0.05) is 18.2 Å². The molecular formula is C22H29N3O2. The number of likely N-dealkylation sites (N-methyl/N-ethyl adjacent to an activating group) is 1. The summed E-state index contributed by atoms with van der Waals surface area (Å²) >= 11 is 0. The van der Waals surface area contributed by atoms with Crippen LogP contribution in [0.25, 0.3) is 0 Å². The molecule has 1 fully saturated rings. The Morgan fingerprint density at radius 1 is 1.15 bits per heavy atom. The minimum atomic E-state index is 0.222. The van der Waals surface area contributed by atoms with E-state index in [-0.39, 0.29) is 5.91 Å². The maximum atomic E-state index is 12.2. The lowest BCUT2D eigenvalue weighted by Crippen LogP contribution is -2.42. The molecule has 1 saturated heterocycles. The van der Waals surface area contributed by atoms with Crippen LogP contribution in [-0.4, -0.2) is 61.5 Å². The molecule has 1 aromatic carbocycles. The first-order valence-corrected chi connectivity index (χ1v) is 9.56. The van der Waals surface area contributed by atoms with Crippen molar-refractivity contribution in [2.45, 2.75) is 25.2 Å². The SMILES string of the molecule is COc1ccc(Cc2cccc(C3CCN(C(=O)CN(C)C)CC3)n2)cc1. The van der Waals surface area contributed by atoms with Gasteiger partial charge in [-0.15, -0.1) is 0 Å². The van der Waals surface area contributed by atoms with Crippen molar-refractivity contribution >= 4 is 5.91 Å². The molecular weight excluding hydrogens is 338 g/mol. The quantitative estimate of drug-likeness (QED) is 0.788. The van der Waals surface area contributed by atoms with Crippen LogP contribution in [0.3, 0.4) is 0 Å². The minimum Gasteiger partial charge on any atom is -0.497 e. The molecule has 2 aromatic rings. The number of methoxy groups -OCH3 is 1. The summed E-state index contributed by atoms with van der Waals surface area (Å²) in [6.45, 7) is 2.13. The van der Waals surface area contributed by atoms with E-state index < -0.39 is 0 Å². The second kappa shape index (κ2) is 9.00. The second-order valence-electron chi connectivity index (χ2n) is 7.47. The third-order valence-corrected chi connectivity index (χ3v) is 5.09. The van der Waals surface area contributed by atoms with Gasteiger partial charge in [0.1, 0.15) is 5.75 Å². The van der Waals surface area contributed by atoms with E-state index in [9.17, 15) is 4.79 Å². The lowest BCUT2D eigenvalue weighted by molar-refractivity contribution is -0.132. The summed E-state index contributed by atoms with van der Waals surface area (Å²) in [6.07, 6.45) is 2.79. The van der Waals surface area contributed by atoms with Crippen LogP contribution in [-0.2, 0) is 11.2 Å². The number of ether oxygens (including phenoxy) is 1. The van der Waals surface area contributed by atoms with Crippen LogP contribution >= 0.6 is 0 Å². The Morgan fingerprint density at radius 2 is 1.85 bits per heavy atom. The molecule has 0 saturated carbocycles. The van der Waals surface area contributed by atoms with Crippen molar-refractivity contribution in [1.82, 2.24) is 14.8 Å². The monoisotopic (exact) mass is 367 g/mol. The van der Waals surface area contributed by atoms with E-state index in [2.05, 4.69) is 30.3 Å². The van der Waals surface area contributed by atoms with Gasteiger partial charge in [-0.05, 0) is 56.8 Å². The standard InChI is InChI=1S/C22H29N3O2/c1-24(2)16-22(26)25-13-11-18(12-14-25)21-6-4-5-19(23-21)15-17-7-9-20(27-3)10-8-17/h4-10,18H,11-16H2,1-3H3. The lowest BCUT2D eigenvalue weighted by Gasteiger charge is -2.32. The first-order chi connectivity index (χ1) is 13.0. The topological polar surface area (TPSA) is 45.7 Å². The molecule has 144 valence electrons. The first-order valence-electron chi connectivity index (χ1n) is 9.56. The number of nitrogens with zero attached hydrogens (tertiary/aromatic N) is 3. The van der Waals surface area contributed by atoms with Crippen molar-refractivity contribution in [1.29, 1.82) is 0 Å². The zero-order valence-corrected chi connectivity index (χ0v) is 16.5. The summed E-state index contributed by atoms with van der Waals surface area (Å²) in [5.41, 5.74) is 3.47. The van der Waals surface area contributed by atoms with E-state index in [0.29, 0.717) is 12.5 Å². The first kappa shape index (κ1) is 19.4. The van der Waals surface area contributed by atoms with Crippen LogP contribution in [0.1, 0.15) is 35.7 Å². The van der Waals surface area contributed by atoms with Crippen LogP contribution in [0.2, 0.25) is 0 Å². The van der Waals surface area contributed by atoms with E-state index in [0.717, 1.165) is 49.5 Å². The Morgan fingerprint density at radius 3 is 2.48 bits per heavy atom. The van der Waals surface area contributed by atoms with Gasteiger partial charge in [-0.2, -0.15) is 0 Å². The molecule has 0 unspecified atom stereocenters. The number of carbonyl (C=O) groups excluding carboxylic acids is 1. The van der Waals surface area contributed by atoms with E-state index in [1.54, 1.807) is 7.11 Å². The minimum absolute atomic E-state index is 0.222. The molecule has 2 heterocycles. The molecule has 0 atom stereocenters. The molecule has 0 spiro atoms. The molecule has 1 aromatic heterocycles. The lowest BCUT2D eigenvalue weighted by atomic mass is 9.92. The fourth-order valence-electron chi connectivity index (χ4n) is 3.57. The number of benzene rings is 1. The van der Waals surface area contributed by atoms with Crippen LogP contribution in [0.4, 0.5) is 0 Å². The number of aromatic nitrogens is 1.